The molecule has 0 aliphatic rings. The van der Waals surface area contributed by atoms with E-state index in [1.54, 1.807) is 18.5 Å². The number of hydrogen-bond acceptors (Lipinski definition) is 3. The molecule has 0 unspecified atom stereocenters. The molecule has 2 aromatic rings. The fourth-order valence-corrected chi connectivity index (χ4v) is 1.51. The molecule has 0 fully saturated rings. The van der Waals surface area contributed by atoms with Gasteiger partial charge in [-0.25, -0.2) is 4.79 Å². The van der Waals surface area contributed by atoms with E-state index >= 15 is 0 Å². The summed E-state index contributed by atoms with van der Waals surface area (Å²) in [7, 11) is 0. The highest BCUT2D eigenvalue weighted by atomic mass is 16.5. The van der Waals surface area contributed by atoms with Crippen molar-refractivity contribution in [3.8, 4) is 5.75 Å². The van der Waals surface area contributed by atoms with Crippen LogP contribution in [0.15, 0.2) is 54.9 Å². The van der Waals surface area contributed by atoms with Gasteiger partial charge in [0.2, 0.25) is 0 Å². The van der Waals surface area contributed by atoms with Crippen molar-refractivity contribution in [1.82, 2.24) is 4.98 Å². The maximum Gasteiger partial charge on any atom is 0.328 e. The number of aliphatic carboxylic acids is 1. The molecule has 0 bridgehead atoms. The van der Waals surface area contributed by atoms with Crippen LogP contribution in [0.25, 0.3) is 6.08 Å². The molecule has 96 valence electrons. The van der Waals surface area contributed by atoms with E-state index in [-0.39, 0.29) is 0 Å². The predicted octanol–water partition coefficient (Wildman–Crippen LogP) is 2.76. The predicted molar refractivity (Wildman–Crippen MR) is 71.7 cm³/mol. The highest BCUT2D eigenvalue weighted by Gasteiger charge is 1.97. The zero-order valence-corrected chi connectivity index (χ0v) is 10.2. The number of nitrogens with zero attached hydrogens (tertiary/aromatic N) is 1. The molecule has 0 radical (unpaired) electrons. The summed E-state index contributed by atoms with van der Waals surface area (Å²) in [6, 6.07) is 11.5. The van der Waals surface area contributed by atoms with Crippen LogP contribution in [0.2, 0.25) is 0 Å². The number of rotatable bonds is 5. The van der Waals surface area contributed by atoms with Crippen LogP contribution in [0.4, 0.5) is 0 Å². The normalized spacial score (nSPS) is 10.5. The second-order valence-corrected chi connectivity index (χ2v) is 3.90. The fourth-order valence-electron chi connectivity index (χ4n) is 1.51. The molecule has 0 aliphatic heterocycles. The van der Waals surface area contributed by atoms with Crippen LogP contribution in [-0.2, 0) is 11.4 Å². The number of pyridine rings is 1. The Morgan fingerprint density at radius 3 is 2.79 bits per heavy atom. The molecule has 4 nitrogen and oxygen atoms in total. The van der Waals surface area contributed by atoms with E-state index in [0.29, 0.717) is 17.9 Å². The molecular weight excluding hydrogens is 242 g/mol. The first-order valence-electron chi connectivity index (χ1n) is 5.77. The second-order valence-electron chi connectivity index (χ2n) is 3.90. The molecule has 0 aliphatic carbocycles. The van der Waals surface area contributed by atoms with Crippen molar-refractivity contribution in [3.63, 3.8) is 0 Å². The third-order valence-corrected chi connectivity index (χ3v) is 2.40. The van der Waals surface area contributed by atoms with Gasteiger partial charge in [-0.15, -0.1) is 0 Å². The Hall–Kier alpha value is -2.62. The number of ether oxygens (including phenoxy) is 1. The van der Waals surface area contributed by atoms with Gasteiger partial charge in [-0.3, -0.25) is 4.98 Å². The number of benzene rings is 1. The minimum Gasteiger partial charge on any atom is -0.487 e. The quantitative estimate of drug-likeness (QED) is 0.834. The molecule has 4 heteroatoms. The largest absolute Gasteiger partial charge is 0.487 e. The number of carboxylic acids is 1. The average molecular weight is 255 g/mol. The van der Waals surface area contributed by atoms with Crippen LogP contribution in [-0.4, -0.2) is 16.1 Å². The molecule has 0 saturated heterocycles. The maximum atomic E-state index is 10.4. The van der Waals surface area contributed by atoms with Gasteiger partial charge >= 0.3 is 5.97 Å². The zero-order valence-electron chi connectivity index (χ0n) is 10.2. The van der Waals surface area contributed by atoms with Crippen LogP contribution in [0, 0.1) is 0 Å². The Balaban J connectivity index is 2.01. The molecule has 19 heavy (non-hydrogen) atoms. The lowest BCUT2D eigenvalue weighted by Crippen LogP contribution is -1.95. The van der Waals surface area contributed by atoms with Gasteiger partial charge in [0.05, 0.1) is 6.20 Å². The third kappa shape index (κ3) is 4.27. The van der Waals surface area contributed by atoms with Crippen molar-refractivity contribution >= 4 is 12.0 Å². The minimum atomic E-state index is -0.990. The monoisotopic (exact) mass is 255 g/mol. The van der Waals surface area contributed by atoms with Crippen LogP contribution < -0.4 is 4.74 Å². The topological polar surface area (TPSA) is 59.4 Å². The number of hydrogen-bond donors (Lipinski definition) is 1. The summed E-state index contributed by atoms with van der Waals surface area (Å²) in [6.45, 7) is 0.453. The van der Waals surface area contributed by atoms with Gasteiger partial charge in [0.15, 0.2) is 0 Å². The number of aromatic nitrogens is 1. The van der Waals surface area contributed by atoms with Crippen LogP contribution in [0.1, 0.15) is 11.1 Å². The highest BCUT2D eigenvalue weighted by molar-refractivity contribution is 5.85. The van der Waals surface area contributed by atoms with Gasteiger partial charge < -0.3 is 9.84 Å². The summed E-state index contributed by atoms with van der Waals surface area (Å²) in [5.74, 6) is -0.382. The van der Waals surface area contributed by atoms with Crippen LogP contribution in [0.3, 0.4) is 0 Å². The summed E-state index contributed by atoms with van der Waals surface area (Å²) in [4.78, 5) is 14.4. The van der Waals surface area contributed by atoms with Crippen molar-refractivity contribution in [1.29, 1.82) is 0 Å². The lowest BCUT2D eigenvalue weighted by molar-refractivity contribution is -0.131. The number of carbonyl (C=O) groups is 1. The van der Waals surface area contributed by atoms with Crippen molar-refractivity contribution < 1.29 is 14.6 Å². The molecule has 1 N–H and O–H groups in total. The van der Waals surface area contributed by atoms with E-state index in [2.05, 4.69) is 4.98 Å². The van der Waals surface area contributed by atoms with Crippen molar-refractivity contribution in [2.45, 2.75) is 6.61 Å². The molecule has 0 spiro atoms. The van der Waals surface area contributed by atoms with E-state index in [1.165, 1.54) is 6.08 Å². The van der Waals surface area contributed by atoms with Crippen LogP contribution >= 0.6 is 0 Å². The van der Waals surface area contributed by atoms with Gasteiger partial charge in [-0.2, -0.15) is 0 Å². The first-order valence-corrected chi connectivity index (χ1v) is 5.77. The van der Waals surface area contributed by atoms with E-state index in [9.17, 15) is 4.79 Å². The summed E-state index contributed by atoms with van der Waals surface area (Å²) < 4.78 is 5.60. The summed E-state index contributed by atoms with van der Waals surface area (Å²) in [6.07, 6.45) is 5.72. The van der Waals surface area contributed by atoms with Crippen molar-refractivity contribution in [3.05, 3.63) is 66.0 Å². The molecule has 0 amide bonds. The van der Waals surface area contributed by atoms with E-state index in [0.717, 1.165) is 11.6 Å². The first-order chi connectivity index (χ1) is 9.24. The summed E-state index contributed by atoms with van der Waals surface area (Å²) >= 11 is 0. The Kier molecular flexibility index (Phi) is 4.29. The van der Waals surface area contributed by atoms with Crippen molar-refractivity contribution in [2.75, 3.05) is 0 Å². The maximum absolute atomic E-state index is 10.4. The van der Waals surface area contributed by atoms with Gasteiger partial charge in [0.1, 0.15) is 12.4 Å². The summed E-state index contributed by atoms with van der Waals surface area (Å²) in [5, 5.41) is 8.56. The molecule has 1 aromatic carbocycles. The molecule has 0 saturated carbocycles. The van der Waals surface area contributed by atoms with E-state index in [1.807, 2.05) is 30.3 Å². The Labute approximate surface area is 111 Å². The Morgan fingerprint density at radius 2 is 2.05 bits per heavy atom. The fraction of sp³-hybridized carbons (Fsp3) is 0.0667. The molecular formula is C15H13NO3. The minimum absolute atomic E-state index is 0.453. The summed E-state index contributed by atoms with van der Waals surface area (Å²) in [5.41, 5.74) is 1.75. The highest BCUT2D eigenvalue weighted by Crippen LogP contribution is 2.14. The molecule has 0 atom stereocenters. The van der Waals surface area contributed by atoms with Crippen LogP contribution in [0.5, 0.6) is 5.75 Å². The molecule has 1 heterocycles. The second kappa shape index (κ2) is 6.35. The van der Waals surface area contributed by atoms with E-state index in [4.69, 9.17) is 9.84 Å². The van der Waals surface area contributed by atoms with E-state index < -0.39 is 5.97 Å². The molecule has 2 rings (SSSR count). The van der Waals surface area contributed by atoms with Gasteiger partial charge in [0.25, 0.3) is 0 Å². The third-order valence-electron chi connectivity index (χ3n) is 2.40. The average Bonchev–Trinajstić information content (AvgIpc) is 2.44. The van der Waals surface area contributed by atoms with Gasteiger partial charge in [0, 0.05) is 12.3 Å². The van der Waals surface area contributed by atoms with Gasteiger partial charge in [-0.05, 0) is 23.3 Å². The standard InChI is InChI=1S/C15H13NO3/c17-15(18)7-6-13-8-14(10-16-9-13)19-11-12-4-2-1-3-5-12/h1-10H,11H2,(H,17,18)/b7-6+. The zero-order chi connectivity index (χ0) is 13.5. The molecule has 1 aromatic heterocycles. The SMILES string of the molecule is O=C(O)/C=C/c1cncc(OCc2ccccc2)c1. The first kappa shape index (κ1) is 12.8. The number of carboxylic acid groups (broad SMARTS) is 1. The Bertz CT molecular complexity index is 579. The van der Waals surface area contributed by atoms with Crippen molar-refractivity contribution in [2.24, 2.45) is 0 Å². The smallest absolute Gasteiger partial charge is 0.328 e. The van der Waals surface area contributed by atoms with Gasteiger partial charge in [-0.1, -0.05) is 30.3 Å². The lowest BCUT2D eigenvalue weighted by atomic mass is 10.2. The lowest BCUT2D eigenvalue weighted by Gasteiger charge is -2.06. The Morgan fingerprint density at radius 1 is 1.26 bits per heavy atom.